The molecule has 0 aliphatic carbocycles. The number of hydrogen-bond acceptors (Lipinski definition) is 3. The fraction of sp³-hybridized carbons (Fsp3) is 0.143. The van der Waals surface area contributed by atoms with Gasteiger partial charge in [-0.2, -0.15) is 0 Å². The van der Waals surface area contributed by atoms with Crippen LogP contribution in [0.5, 0.6) is 0 Å². The van der Waals surface area contributed by atoms with Crippen molar-refractivity contribution in [3.63, 3.8) is 0 Å². The van der Waals surface area contributed by atoms with Crippen molar-refractivity contribution in [3.8, 4) is 0 Å². The molecule has 0 radical (unpaired) electrons. The number of halogens is 4. The number of carbonyl (C=O) groups excluding carboxylic acids is 1. The van der Waals surface area contributed by atoms with Gasteiger partial charge in [0.1, 0.15) is 6.17 Å². The third-order valence-electron chi connectivity index (χ3n) is 2.71. The smallest absolute Gasteiger partial charge is 0.288 e. The van der Waals surface area contributed by atoms with Gasteiger partial charge in [0.25, 0.3) is 5.91 Å². The maximum absolute atomic E-state index is 12.0. The van der Waals surface area contributed by atoms with Crippen molar-refractivity contribution in [2.75, 3.05) is 5.32 Å². The zero-order valence-corrected chi connectivity index (χ0v) is 15.7. The summed E-state index contributed by atoms with van der Waals surface area (Å²) in [6.07, 6.45) is 0.261. The van der Waals surface area contributed by atoms with E-state index >= 15 is 0 Å². The summed E-state index contributed by atoms with van der Waals surface area (Å²) in [6.45, 7) is 0. The minimum atomic E-state index is -1.86. The molecule has 0 fully saturated rings. The Bertz CT molecular complexity index is 719. The highest BCUT2D eigenvalue weighted by Gasteiger charge is 2.35. The van der Waals surface area contributed by atoms with Gasteiger partial charge in [0, 0.05) is 10.7 Å². The molecule has 10 heteroatoms. The van der Waals surface area contributed by atoms with E-state index in [0.29, 0.717) is 10.7 Å². The second kappa shape index (κ2) is 8.27. The van der Waals surface area contributed by atoms with Gasteiger partial charge in [-0.3, -0.25) is 4.79 Å². The van der Waals surface area contributed by atoms with Gasteiger partial charge in [-0.05, 0) is 42.5 Å². The van der Waals surface area contributed by atoms with Gasteiger partial charge < -0.3 is 20.4 Å². The Kier molecular flexibility index (Phi) is 6.60. The predicted octanol–water partition coefficient (Wildman–Crippen LogP) is 4.35. The first-order valence-electron chi connectivity index (χ1n) is 6.50. The Labute approximate surface area is 163 Å². The van der Waals surface area contributed by atoms with Gasteiger partial charge in [0.05, 0.1) is 6.26 Å². The number of benzene rings is 1. The number of carbonyl (C=O) groups is 1. The van der Waals surface area contributed by atoms with E-state index in [1.165, 1.54) is 12.3 Å². The van der Waals surface area contributed by atoms with Gasteiger partial charge in [0.2, 0.25) is 3.79 Å². The lowest BCUT2D eigenvalue weighted by Crippen LogP contribution is -2.56. The maximum atomic E-state index is 12.0. The molecule has 1 aromatic heterocycles. The predicted molar refractivity (Wildman–Crippen MR) is 101 cm³/mol. The zero-order chi connectivity index (χ0) is 17.7. The van der Waals surface area contributed by atoms with E-state index < -0.39 is 15.9 Å². The molecule has 0 aliphatic rings. The van der Waals surface area contributed by atoms with Crippen LogP contribution in [0.4, 0.5) is 5.69 Å². The molecule has 0 aliphatic heterocycles. The van der Waals surface area contributed by atoms with Crippen molar-refractivity contribution < 1.29 is 9.21 Å². The van der Waals surface area contributed by atoms with Gasteiger partial charge in [-0.15, -0.1) is 0 Å². The second-order valence-corrected chi connectivity index (χ2v) is 7.75. The van der Waals surface area contributed by atoms with Crippen LogP contribution >= 0.6 is 58.6 Å². The lowest BCUT2D eigenvalue weighted by Gasteiger charge is -2.27. The number of alkyl halides is 3. The average Bonchev–Trinajstić information content (AvgIpc) is 2.99. The summed E-state index contributed by atoms with van der Waals surface area (Å²) in [5, 5.41) is 8.77. The summed E-state index contributed by atoms with van der Waals surface area (Å²) in [5.74, 6) is -0.487. The Morgan fingerprint density at radius 2 is 1.92 bits per heavy atom. The molecule has 1 amide bonds. The van der Waals surface area contributed by atoms with Crippen LogP contribution in [0, 0.1) is 0 Å². The number of rotatable bonds is 4. The van der Waals surface area contributed by atoms with Gasteiger partial charge in [0.15, 0.2) is 10.9 Å². The van der Waals surface area contributed by atoms with Crippen molar-refractivity contribution in [2.24, 2.45) is 0 Å². The van der Waals surface area contributed by atoms with Gasteiger partial charge in [-0.25, -0.2) is 0 Å². The van der Waals surface area contributed by atoms with E-state index in [2.05, 4.69) is 16.0 Å². The van der Waals surface area contributed by atoms with Gasteiger partial charge >= 0.3 is 0 Å². The Balaban J connectivity index is 2.03. The molecule has 1 atom stereocenters. The van der Waals surface area contributed by atoms with Gasteiger partial charge in [-0.1, -0.05) is 52.5 Å². The summed E-state index contributed by atoms with van der Waals surface area (Å²) < 4.78 is 3.13. The van der Waals surface area contributed by atoms with Crippen LogP contribution < -0.4 is 16.0 Å². The molecule has 0 unspecified atom stereocenters. The first kappa shape index (κ1) is 19.1. The second-order valence-electron chi connectivity index (χ2n) is 4.53. The molecule has 128 valence electrons. The zero-order valence-electron chi connectivity index (χ0n) is 11.9. The number of nitrogens with one attached hydrogen (secondary N) is 3. The summed E-state index contributed by atoms with van der Waals surface area (Å²) in [6, 6.07) is 9.94. The summed E-state index contributed by atoms with van der Waals surface area (Å²) in [5.41, 5.74) is 0.639. The largest absolute Gasteiger partial charge is 0.459 e. The topological polar surface area (TPSA) is 66.3 Å². The summed E-state index contributed by atoms with van der Waals surface area (Å²) in [4.78, 5) is 12.0. The quantitative estimate of drug-likeness (QED) is 0.385. The molecular formula is C14H11Cl4N3O2S. The lowest BCUT2D eigenvalue weighted by molar-refractivity contribution is 0.0906. The van der Waals surface area contributed by atoms with Crippen molar-refractivity contribution in [3.05, 3.63) is 53.4 Å². The SMILES string of the molecule is O=C(N[C@H](NC(=S)Nc1cccc(Cl)c1)C(Cl)(Cl)Cl)c1ccco1. The van der Waals surface area contributed by atoms with Crippen molar-refractivity contribution in [1.29, 1.82) is 0 Å². The van der Waals surface area contributed by atoms with E-state index in [9.17, 15) is 4.79 Å². The standard InChI is InChI=1S/C14H11Cl4N3O2S/c15-8-3-1-4-9(7-8)19-13(24)21-12(14(16,17)18)20-11(22)10-5-2-6-23-10/h1-7,12H,(H,20,22)(H2,19,21,24)/t12-/m1/s1. The molecule has 24 heavy (non-hydrogen) atoms. The molecule has 0 saturated heterocycles. The van der Waals surface area contributed by atoms with E-state index in [4.69, 9.17) is 63.0 Å². The molecule has 0 spiro atoms. The number of furan rings is 1. The Morgan fingerprint density at radius 1 is 1.17 bits per heavy atom. The molecule has 1 heterocycles. The minimum absolute atomic E-state index is 0.0739. The van der Waals surface area contributed by atoms with E-state index in [1.54, 1.807) is 30.3 Å². The lowest BCUT2D eigenvalue weighted by atomic mass is 10.3. The van der Waals surface area contributed by atoms with E-state index in [0.717, 1.165) is 0 Å². The van der Waals surface area contributed by atoms with Crippen molar-refractivity contribution in [1.82, 2.24) is 10.6 Å². The molecule has 1 aromatic carbocycles. The fourth-order valence-electron chi connectivity index (χ4n) is 1.67. The first-order valence-corrected chi connectivity index (χ1v) is 8.42. The van der Waals surface area contributed by atoms with Crippen LogP contribution in [-0.4, -0.2) is 21.0 Å². The van der Waals surface area contributed by atoms with Crippen molar-refractivity contribution in [2.45, 2.75) is 9.96 Å². The average molecular weight is 427 g/mol. The monoisotopic (exact) mass is 425 g/mol. The third kappa shape index (κ3) is 5.72. The normalized spacial score (nSPS) is 12.3. The first-order chi connectivity index (χ1) is 11.3. The van der Waals surface area contributed by atoms with E-state index in [1.807, 2.05) is 0 Å². The molecule has 2 aromatic rings. The molecule has 0 bridgehead atoms. The molecule has 3 N–H and O–H groups in total. The Morgan fingerprint density at radius 3 is 2.50 bits per heavy atom. The van der Waals surface area contributed by atoms with Crippen LogP contribution in [0.1, 0.15) is 10.6 Å². The van der Waals surface area contributed by atoms with Crippen LogP contribution in [0.3, 0.4) is 0 Å². The highest BCUT2D eigenvalue weighted by atomic mass is 35.6. The van der Waals surface area contributed by atoms with Crippen LogP contribution in [-0.2, 0) is 0 Å². The number of anilines is 1. The summed E-state index contributed by atoms with van der Waals surface area (Å²) in [7, 11) is 0. The minimum Gasteiger partial charge on any atom is -0.459 e. The molecule has 5 nitrogen and oxygen atoms in total. The van der Waals surface area contributed by atoms with Crippen LogP contribution in [0.2, 0.25) is 5.02 Å². The van der Waals surface area contributed by atoms with Crippen LogP contribution in [0.15, 0.2) is 47.1 Å². The van der Waals surface area contributed by atoms with Crippen molar-refractivity contribution >= 4 is 75.3 Å². The number of thiocarbonyl (C=S) groups is 1. The summed E-state index contributed by atoms with van der Waals surface area (Å²) >= 11 is 28.7. The third-order valence-corrected chi connectivity index (χ3v) is 3.82. The van der Waals surface area contributed by atoms with Crippen LogP contribution in [0.25, 0.3) is 0 Å². The molecular weight excluding hydrogens is 416 g/mol. The fourth-order valence-corrected chi connectivity index (χ4v) is 2.43. The number of hydrogen-bond donors (Lipinski definition) is 3. The van der Waals surface area contributed by atoms with E-state index in [-0.39, 0.29) is 10.9 Å². The highest BCUT2D eigenvalue weighted by Crippen LogP contribution is 2.29. The highest BCUT2D eigenvalue weighted by molar-refractivity contribution is 7.80. The number of amides is 1. The Hall–Kier alpha value is -1.18. The molecule has 0 saturated carbocycles. The maximum Gasteiger partial charge on any atom is 0.288 e. The molecule has 2 rings (SSSR count).